The lowest BCUT2D eigenvalue weighted by molar-refractivity contribution is -0.129. The van der Waals surface area contributed by atoms with E-state index in [0.717, 1.165) is 12.1 Å². The van der Waals surface area contributed by atoms with Crippen molar-refractivity contribution in [3.05, 3.63) is 65.7 Å². The third-order valence-corrected chi connectivity index (χ3v) is 4.48. The molecule has 1 heterocycles. The van der Waals surface area contributed by atoms with E-state index in [2.05, 4.69) is 10.9 Å². The molecule has 1 saturated heterocycles. The summed E-state index contributed by atoms with van der Waals surface area (Å²) in [5.41, 5.74) is 5.86. The number of hydrogen-bond acceptors (Lipinski definition) is 5. The van der Waals surface area contributed by atoms with Gasteiger partial charge in [0.2, 0.25) is 5.91 Å². The van der Waals surface area contributed by atoms with Gasteiger partial charge in [0.25, 0.3) is 11.8 Å². The van der Waals surface area contributed by atoms with Crippen LogP contribution in [0.25, 0.3) is 0 Å². The minimum atomic E-state index is -1.11. The van der Waals surface area contributed by atoms with Gasteiger partial charge in [0, 0.05) is 24.2 Å². The third-order valence-electron chi connectivity index (χ3n) is 4.48. The lowest BCUT2D eigenvalue weighted by atomic mass is 10.2. The predicted molar refractivity (Wildman–Crippen MR) is 105 cm³/mol. The van der Waals surface area contributed by atoms with E-state index in [1.807, 2.05) is 0 Å². The fourth-order valence-electron chi connectivity index (χ4n) is 2.86. The first-order valence-electron chi connectivity index (χ1n) is 9.22. The van der Waals surface area contributed by atoms with Crippen LogP contribution in [-0.4, -0.2) is 36.3 Å². The Bertz CT molecular complexity index is 912. The van der Waals surface area contributed by atoms with Crippen LogP contribution in [0.4, 0.5) is 5.69 Å². The van der Waals surface area contributed by atoms with Crippen LogP contribution in [0, 0.1) is 0 Å². The number of nitrogens with zero attached hydrogens (tertiary/aromatic N) is 1. The number of hydrogen-bond donors (Lipinski definition) is 2. The normalized spacial score (nSPS) is 14.2. The van der Waals surface area contributed by atoms with Crippen molar-refractivity contribution < 1.29 is 23.9 Å². The number of benzene rings is 2. The molecule has 0 radical (unpaired) electrons. The minimum absolute atomic E-state index is 0.0585. The van der Waals surface area contributed by atoms with E-state index in [0.29, 0.717) is 18.5 Å². The Hall–Kier alpha value is -3.68. The molecule has 0 saturated carbocycles. The van der Waals surface area contributed by atoms with Crippen molar-refractivity contribution in [1.29, 1.82) is 0 Å². The van der Waals surface area contributed by atoms with Crippen molar-refractivity contribution >= 4 is 29.4 Å². The van der Waals surface area contributed by atoms with E-state index in [1.165, 1.54) is 6.92 Å². The van der Waals surface area contributed by atoms with Gasteiger partial charge in [-0.2, -0.15) is 0 Å². The molecule has 8 nitrogen and oxygen atoms in total. The maximum Gasteiger partial charge on any atom is 0.338 e. The lowest BCUT2D eigenvalue weighted by Crippen LogP contribution is -2.46. The SMILES string of the molecule is C[C@@H](OC(=O)c1ccc(N2CCCC2=O)cc1)C(=O)NNC(=O)c1ccccc1. The standard InChI is InChI=1S/C21H21N3O5/c1-14(19(26)22-23-20(27)15-6-3-2-4-7-15)29-21(28)16-9-11-17(12-10-16)24-13-5-8-18(24)25/h2-4,6-7,9-12,14H,5,8,13H2,1H3,(H,22,26)(H,23,27)/t14-/m1/s1. The van der Waals surface area contributed by atoms with Crippen LogP contribution in [0.15, 0.2) is 54.6 Å². The number of nitrogens with one attached hydrogen (secondary N) is 2. The molecular formula is C21H21N3O5. The summed E-state index contributed by atoms with van der Waals surface area (Å²) in [6.07, 6.45) is 0.228. The van der Waals surface area contributed by atoms with E-state index in [1.54, 1.807) is 59.5 Å². The highest BCUT2D eigenvalue weighted by Gasteiger charge is 2.23. The number of amides is 3. The summed E-state index contributed by atoms with van der Waals surface area (Å²) in [4.78, 5) is 49.7. The molecule has 1 aliphatic rings. The highest BCUT2D eigenvalue weighted by molar-refractivity contribution is 5.97. The van der Waals surface area contributed by atoms with Gasteiger partial charge in [-0.05, 0) is 49.7 Å². The maximum absolute atomic E-state index is 12.2. The van der Waals surface area contributed by atoms with Crippen LogP contribution in [0.3, 0.4) is 0 Å². The van der Waals surface area contributed by atoms with Crippen LogP contribution in [0.5, 0.6) is 0 Å². The molecule has 8 heteroatoms. The zero-order valence-electron chi connectivity index (χ0n) is 15.9. The second-order valence-electron chi connectivity index (χ2n) is 6.55. The second kappa shape index (κ2) is 9.01. The Kier molecular flexibility index (Phi) is 6.23. The quantitative estimate of drug-likeness (QED) is 0.594. The number of carbonyl (C=O) groups is 4. The molecule has 0 unspecified atom stereocenters. The number of rotatable bonds is 5. The van der Waals surface area contributed by atoms with Gasteiger partial charge in [-0.1, -0.05) is 18.2 Å². The highest BCUT2D eigenvalue weighted by Crippen LogP contribution is 2.21. The Labute approximate surface area is 167 Å². The molecule has 1 aliphatic heterocycles. The van der Waals surface area contributed by atoms with Gasteiger partial charge >= 0.3 is 5.97 Å². The fourth-order valence-corrected chi connectivity index (χ4v) is 2.86. The largest absolute Gasteiger partial charge is 0.449 e. The van der Waals surface area contributed by atoms with Gasteiger partial charge in [-0.25, -0.2) is 4.79 Å². The van der Waals surface area contributed by atoms with Gasteiger partial charge in [-0.3, -0.25) is 25.2 Å². The van der Waals surface area contributed by atoms with E-state index in [9.17, 15) is 19.2 Å². The van der Waals surface area contributed by atoms with Crippen molar-refractivity contribution in [3.8, 4) is 0 Å². The summed E-state index contributed by atoms with van der Waals surface area (Å²) in [5.74, 6) is -1.77. The van der Waals surface area contributed by atoms with E-state index < -0.39 is 23.9 Å². The first kappa shape index (κ1) is 20.1. The van der Waals surface area contributed by atoms with Gasteiger partial charge in [0.05, 0.1) is 5.56 Å². The summed E-state index contributed by atoms with van der Waals surface area (Å²) >= 11 is 0. The van der Waals surface area contributed by atoms with Crippen molar-refractivity contribution in [2.75, 3.05) is 11.4 Å². The number of carbonyl (C=O) groups excluding carboxylic acids is 4. The molecular weight excluding hydrogens is 374 g/mol. The van der Waals surface area contributed by atoms with Crippen molar-refractivity contribution in [3.63, 3.8) is 0 Å². The Morgan fingerprint density at radius 3 is 2.28 bits per heavy atom. The molecule has 150 valence electrons. The molecule has 0 aromatic heterocycles. The van der Waals surface area contributed by atoms with Crippen molar-refractivity contribution in [2.45, 2.75) is 25.9 Å². The molecule has 29 heavy (non-hydrogen) atoms. The molecule has 3 rings (SSSR count). The predicted octanol–water partition coefficient (Wildman–Crippen LogP) is 1.82. The van der Waals surface area contributed by atoms with Crippen LogP contribution >= 0.6 is 0 Å². The van der Waals surface area contributed by atoms with Crippen LogP contribution in [-0.2, 0) is 14.3 Å². The molecule has 1 atom stereocenters. The lowest BCUT2D eigenvalue weighted by Gasteiger charge is -2.16. The van der Waals surface area contributed by atoms with E-state index in [4.69, 9.17) is 4.74 Å². The Morgan fingerprint density at radius 2 is 1.66 bits per heavy atom. The fraction of sp³-hybridized carbons (Fsp3) is 0.238. The molecule has 0 spiro atoms. The maximum atomic E-state index is 12.2. The molecule has 2 aromatic rings. The smallest absolute Gasteiger partial charge is 0.338 e. The molecule has 0 aliphatic carbocycles. The average molecular weight is 395 g/mol. The molecule has 3 amide bonds. The van der Waals surface area contributed by atoms with Crippen LogP contribution in [0.1, 0.15) is 40.5 Å². The monoisotopic (exact) mass is 395 g/mol. The number of hydrazine groups is 1. The summed E-state index contributed by atoms with van der Waals surface area (Å²) in [6.45, 7) is 2.06. The zero-order chi connectivity index (χ0) is 20.8. The number of ether oxygens (including phenoxy) is 1. The van der Waals surface area contributed by atoms with Crippen molar-refractivity contribution in [2.24, 2.45) is 0 Å². The summed E-state index contributed by atoms with van der Waals surface area (Å²) < 4.78 is 5.14. The first-order chi connectivity index (χ1) is 14.0. The summed E-state index contributed by atoms with van der Waals surface area (Å²) in [7, 11) is 0. The van der Waals surface area contributed by atoms with Gasteiger partial charge < -0.3 is 9.64 Å². The number of anilines is 1. The molecule has 2 aromatic carbocycles. The minimum Gasteiger partial charge on any atom is -0.449 e. The summed E-state index contributed by atoms with van der Waals surface area (Å²) in [6, 6.07) is 14.8. The average Bonchev–Trinajstić information content (AvgIpc) is 3.18. The molecule has 1 fully saturated rings. The second-order valence-corrected chi connectivity index (χ2v) is 6.55. The van der Waals surface area contributed by atoms with Crippen LogP contribution < -0.4 is 15.8 Å². The highest BCUT2D eigenvalue weighted by atomic mass is 16.5. The van der Waals surface area contributed by atoms with Gasteiger partial charge in [0.1, 0.15) is 0 Å². The van der Waals surface area contributed by atoms with E-state index in [-0.39, 0.29) is 11.5 Å². The summed E-state index contributed by atoms with van der Waals surface area (Å²) in [5, 5.41) is 0. The van der Waals surface area contributed by atoms with Crippen LogP contribution in [0.2, 0.25) is 0 Å². The number of esters is 1. The molecule has 2 N–H and O–H groups in total. The van der Waals surface area contributed by atoms with E-state index >= 15 is 0 Å². The van der Waals surface area contributed by atoms with Gasteiger partial charge in [-0.15, -0.1) is 0 Å². The van der Waals surface area contributed by atoms with Gasteiger partial charge in [0.15, 0.2) is 6.10 Å². The Balaban J connectivity index is 1.51. The molecule has 0 bridgehead atoms. The third kappa shape index (κ3) is 4.98. The Morgan fingerprint density at radius 1 is 0.966 bits per heavy atom. The topological polar surface area (TPSA) is 105 Å². The van der Waals surface area contributed by atoms with Crippen molar-refractivity contribution in [1.82, 2.24) is 10.9 Å². The first-order valence-corrected chi connectivity index (χ1v) is 9.22. The zero-order valence-corrected chi connectivity index (χ0v) is 15.9.